The molecule has 3 rings (SSSR count). The van der Waals surface area contributed by atoms with Crippen LogP contribution in [-0.2, 0) is 0 Å². The molecule has 1 amide bonds. The highest BCUT2D eigenvalue weighted by molar-refractivity contribution is 7.09. The third-order valence-corrected chi connectivity index (χ3v) is 4.34. The minimum absolute atomic E-state index is 0.0112. The number of aliphatic hydroxyl groups excluding tert-OH is 1. The Morgan fingerprint density at radius 2 is 2.43 bits per heavy atom. The van der Waals surface area contributed by atoms with Gasteiger partial charge >= 0.3 is 0 Å². The average Bonchev–Trinajstić information content (AvgIpc) is 3.17. The van der Waals surface area contributed by atoms with Crippen molar-refractivity contribution in [3.05, 3.63) is 40.5 Å². The number of carbonyl (C=O) groups excluding carboxylic acids is 1. The van der Waals surface area contributed by atoms with Crippen LogP contribution in [-0.4, -0.2) is 33.6 Å². The molecule has 110 valence electrons. The van der Waals surface area contributed by atoms with E-state index in [1.165, 1.54) is 0 Å². The fraction of sp³-hybridized carbons (Fsp3) is 0.333. The fourth-order valence-electron chi connectivity index (χ4n) is 2.43. The van der Waals surface area contributed by atoms with Crippen molar-refractivity contribution in [1.29, 1.82) is 0 Å². The molecule has 6 heteroatoms. The van der Waals surface area contributed by atoms with Crippen molar-refractivity contribution in [3.63, 3.8) is 0 Å². The van der Waals surface area contributed by atoms with Gasteiger partial charge in [0.1, 0.15) is 5.69 Å². The summed E-state index contributed by atoms with van der Waals surface area (Å²) < 4.78 is 0. The molecule has 0 radical (unpaired) electrons. The summed E-state index contributed by atoms with van der Waals surface area (Å²) in [5.41, 5.74) is 2.32. The molecule has 2 aromatic heterocycles. The van der Waals surface area contributed by atoms with Crippen molar-refractivity contribution in [2.24, 2.45) is 5.92 Å². The highest BCUT2D eigenvalue weighted by atomic mass is 32.1. The summed E-state index contributed by atoms with van der Waals surface area (Å²) in [6, 6.07) is 1.80. The number of amides is 1. The van der Waals surface area contributed by atoms with Gasteiger partial charge in [0, 0.05) is 35.7 Å². The Labute approximate surface area is 126 Å². The monoisotopic (exact) mass is 303 g/mol. The van der Waals surface area contributed by atoms with E-state index in [4.69, 9.17) is 5.11 Å². The van der Waals surface area contributed by atoms with E-state index in [2.05, 4.69) is 15.3 Å². The van der Waals surface area contributed by atoms with Crippen molar-refractivity contribution in [3.8, 4) is 11.3 Å². The second-order valence-corrected chi connectivity index (χ2v) is 6.26. The SMILES string of the molecule is Cc1nc(-c2c[nH]c(C(=O)N[C@@H]3C=C[C@H](CO)C3)c2)cs1. The molecule has 0 aliphatic heterocycles. The number of aryl methyl sites for hydroxylation is 1. The molecular weight excluding hydrogens is 286 g/mol. The number of hydrogen-bond acceptors (Lipinski definition) is 4. The molecular formula is C15H17N3O2S. The van der Waals surface area contributed by atoms with Gasteiger partial charge in [0.2, 0.25) is 0 Å². The van der Waals surface area contributed by atoms with Gasteiger partial charge in [-0.25, -0.2) is 4.98 Å². The molecule has 2 atom stereocenters. The smallest absolute Gasteiger partial charge is 0.268 e. The Bertz CT molecular complexity index is 674. The summed E-state index contributed by atoms with van der Waals surface area (Å²) >= 11 is 1.59. The molecule has 0 unspecified atom stereocenters. The number of aliphatic hydroxyl groups is 1. The highest BCUT2D eigenvalue weighted by Gasteiger charge is 2.21. The van der Waals surface area contributed by atoms with Crippen molar-refractivity contribution in [2.45, 2.75) is 19.4 Å². The van der Waals surface area contributed by atoms with Crippen LogP contribution in [0.15, 0.2) is 29.8 Å². The van der Waals surface area contributed by atoms with Gasteiger partial charge in [0.25, 0.3) is 5.91 Å². The number of nitrogens with zero attached hydrogens (tertiary/aromatic N) is 1. The van der Waals surface area contributed by atoms with Crippen LogP contribution >= 0.6 is 11.3 Å². The van der Waals surface area contributed by atoms with Crippen molar-refractivity contribution in [2.75, 3.05) is 6.61 Å². The second-order valence-electron chi connectivity index (χ2n) is 5.20. The van der Waals surface area contributed by atoms with E-state index in [1.807, 2.05) is 30.5 Å². The average molecular weight is 303 g/mol. The fourth-order valence-corrected chi connectivity index (χ4v) is 3.05. The zero-order chi connectivity index (χ0) is 14.8. The van der Waals surface area contributed by atoms with Gasteiger partial charge in [0.05, 0.1) is 10.7 Å². The Morgan fingerprint density at radius 1 is 1.57 bits per heavy atom. The number of aromatic amines is 1. The summed E-state index contributed by atoms with van der Waals surface area (Å²) in [5.74, 6) is 0.00826. The van der Waals surface area contributed by atoms with Crippen molar-refractivity contribution < 1.29 is 9.90 Å². The first kappa shape index (κ1) is 14.0. The van der Waals surface area contributed by atoms with E-state index in [0.29, 0.717) is 5.69 Å². The van der Waals surface area contributed by atoms with Gasteiger partial charge in [-0.2, -0.15) is 0 Å². The van der Waals surface area contributed by atoms with Crippen molar-refractivity contribution >= 4 is 17.2 Å². The predicted molar refractivity (Wildman–Crippen MR) is 82.2 cm³/mol. The molecule has 5 nitrogen and oxygen atoms in total. The molecule has 3 N–H and O–H groups in total. The number of carbonyl (C=O) groups is 1. The van der Waals surface area contributed by atoms with Crippen LogP contribution in [0.5, 0.6) is 0 Å². The third-order valence-electron chi connectivity index (χ3n) is 3.57. The zero-order valence-corrected chi connectivity index (χ0v) is 12.5. The molecule has 0 bridgehead atoms. The number of rotatable bonds is 4. The lowest BCUT2D eigenvalue weighted by atomic mass is 10.1. The standard InChI is InChI=1S/C15H17N3O2S/c1-9-17-14(8-21-9)11-5-13(16-6-11)15(20)18-12-3-2-10(4-12)7-19/h2-3,5-6,8,10,12,16,19H,4,7H2,1H3,(H,18,20)/t10-,12+/m0/s1. The topological polar surface area (TPSA) is 78.0 Å². The molecule has 0 saturated carbocycles. The molecule has 2 heterocycles. The molecule has 21 heavy (non-hydrogen) atoms. The van der Waals surface area contributed by atoms with Gasteiger partial charge in [-0.05, 0) is 19.4 Å². The van der Waals surface area contributed by atoms with Gasteiger partial charge in [-0.1, -0.05) is 12.2 Å². The van der Waals surface area contributed by atoms with Gasteiger partial charge in [-0.15, -0.1) is 11.3 Å². The largest absolute Gasteiger partial charge is 0.396 e. The lowest BCUT2D eigenvalue weighted by molar-refractivity contribution is 0.0936. The number of thiazole rings is 1. The first-order chi connectivity index (χ1) is 10.2. The summed E-state index contributed by atoms with van der Waals surface area (Å²) in [6.07, 6.45) is 6.43. The van der Waals surface area contributed by atoms with Gasteiger partial charge in [0.15, 0.2) is 0 Å². The molecule has 2 aromatic rings. The maximum absolute atomic E-state index is 12.2. The quantitative estimate of drug-likeness (QED) is 0.757. The number of nitrogens with one attached hydrogen (secondary N) is 2. The summed E-state index contributed by atoms with van der Waals surface area (Å²) in [4.78, 5) is 19.6. The van der Waals surface area contributed by atoms with E-state index >= 15 is 0 Å². The van der Waals surface area contributed by atoms with E-state index in [1.54, 1.807) is 17.5 Å². The Kier molecular flexibility index (Phi) is 3.90. The maximum Gasteiger partial charge on any atom is 0.268 e. The minimum atomic E-state index is -0.138. The molecule has 1 aliphatic carbocycles. The van der Waals surface area contributed by atoms with Crippen molar-refractivity contribution in [1.82, 2.24) is 15.3 Å². The lowest BCUT2D eigenvalue weighted by Gasteiger charge is -2.11. The number of H-pyrrole nitrogens is 1. The first-order valence-corrected chi connectivity index (χ1v) is 7.74. The number of aromatic nitrogens is 2. The van der Waals surface area contributed by atoms with Crippen LogP contribution in [0.4, 0.5) is 0 Å². The lowest BCUT2D eigenvalue weighted by Crippen LogP contribution is -2.33. The molecule has 1 aliphatic rings. The third kappa shape index (κ3) is 3.06. The van der Waals surface area contributed by atoms with Gasteiger partial charge < -0.3 is 15.4 Å². The maximum atomic E-state index is 12.2. The van der Waals surface area contributed by atoms with Crippen LogP contribution in [0.3, 0.4) is 0 Å². The molecule has 0 spiro atoms. The normalized spacial score (nSPS) is 20.9. The van der Waals surface area contributed by atoms with E-state index in [9.17, 15) is 4.79 Å². The van der Waals surface area contributed by atoms with Crippen LogP contribution < -0.4 is 5.32 Å². The van der Waals surface area contributed by atoms with Gasteiger partial charge in [-0.3, -0.25) is 4.79 Å². The van der Waals surface area contributed by atoms with Crippen LogP contribution in [0, 0.1) is 12.8 Å². The van der Waals surface area contributed by atoms with Crippen LogP contribution in [0.25, 0.3) is 11.3 Å². The minimum Gasteiger partial charge on any atom is -0.396 e. The number of hydrogen-bond donors (Lipinski definition) is 3. The van der Waals surface area contributed by atoms with Crippen LogP contribution in [0.1, 0.15) is 21.9 Å². The Morgan fingerprint density at radius 3 is 3.10 bits per heavy atom. The van der Waals surface area contributed by atoms with E-state index in [-0.39, 0.29) is 24.5 Å². The Hall–Kier alpha value is -1.92. The molecule has 0 aromatic carbocycles. The second kappa shape index (κ2) is 5.83. The van der Waals surface area contributed by atoms with E-state index < -0.39 is 0 Å². The Balaban J connectivity index is 1.66. The zero-order valence-electron chi connectivity index (χ0n) is 11.7. The molecule has 0 fully saturated rings. The molecule has 0 saturated heterocycles. The van der Waals surface area contributed by atoms with Crippen LogP contribution in [0.2, 0.25) is 0 Å². The highest BCUT2D eigenvalue weighted by Crippen LogP contribution is 2.22. The summed E-state index contributed by atoms with van der Waals surface area (Å²) in [7, 11) is 0. The van der Waals surface area contributed by atoms with E-state index in [0.717, 1.165) is 22.7 Å². The predicted octanol–water partition coefficient (Wildman–Crippen LogP) is 2.11. The summed E-state index contributed by atoms with van der Waals surface area (Å²) in [5, 5.41) is 15.0. The summed E-state index contributed by atoms with van der Waals surface area (Å²) in [6.45, 7) is 2.08. The first-order valence-electron chi connectivity index (χ1n) is 6.86.